The van der Waals surface area contributed by atoms with Crippen LogP contribution >= 0.6 is 11.3 Å². The summed E-state index contributed by atoms with van der Waals surface area (Å²) in [6, 6.07) is 14.3. The molecule has 3 nitrogen and oxygen atoms in total. The maximum Gasteiger partial charge on any atom is 0.124 e. The van der Waals surface area contributed by atoms with Gasteiger partial charge in [-0.15, -0.1) is 11.3 Å². The molecular weight excluding hydrogens is 287 g/mol. The first kappa shape index (κ1) is 14.0. The van der Waals surface area contributed by atoms with Gasteiger partial charge in [0.25, 0.3) is 0 Å². The molecule has 1 unspecified atom stereocenters. The van der Waals surface area contributed by atoms with Crippen LogP contribution in [-0.4, -0.2) is 7.11 Å². The molecule has 0 spiro atoms. The molecule has 5 heteroatoms. The zero-order valence-corrected chi connectivity index (χ0v) is 12.3. The van der Waals surface area contributed by atoms with Crippen molar-refractivity contribution >= 4 is 21.4 Å². The molecule has 1 atom stereocenters. The highest BCUT2D eigenvalue weighted by atomic mass is 32.1. The van der Waals surface area contributed by atoms with Crippen LogP contribution in [-0.2, 0) is 0 Å². The third-order valence-corrected chi connectivity index (χ3v) is 4.57. The lowest BCUT2D eigenvalue weighted by Gasteiger charge is -2.17. The van der Waals surface area contributed by atoms with E-state index in [1.807, 2.05) is 30.3 Å². The molecule has 0 saturated heterocycles. The van der Waals surface area contributed by atoms with Crippen LogP contribution in [0.3, 0.4) is 0 Å². The van der Waals surface area contributed by atoms with E-state index in [0.717, 1.165) is 26.3 Å². The van der Waals surface area contributed by atoms with Gasteiger partial charge in [-0.05, 0) is 29.7 Å². The first-order valence-corrected chi connectivity index (χ1v) is 7.32. The summed E-state index contributed by atoms with van der Waals surface area (Å²) in [4.78, 5) is 1.02. The summed E-state index contributed by atoms with van der Waals surface area (Å²) < 4.78 is 19.6. The molecule has 0 aliphatic heterocycles. The second-order valence-electron chi connectivity index (χ2n) is 4.67. The molecule has 3 rings (SSSR count). The van der Waals surface area contributed by atoms with Gasteiger partial charge in [-0.1, -0.05) is 24.3 Å². The number of hydrogen-bond donors (Lipinski definition) is 2. The lowest BCUT2D eigenvalue weighted by molar-refractivity contribution is 0.404. The topological polar surface area (TPSA) is 47.3 Å². The summed E-state index contributed by atoms with van der Waals surface area (Å²) in [5, 5.41) is 1.01. The van der Waals surface area contributed by atoms with Gasteiger partial charge in [-0.2, -0.15) is 0 Å². The number of nitrogens with one attached hydrogen (secondary N) is 1. The van der Waals surface area contributed by atoms with Gasteiger partial charge in [0.15, 0.2) is 0 Å². The third kappa shape index (κ3) is 2.63. The Morgan fingerprint density at radius 2 is 2.00 bits per heavy atom. The monoisotopic (exact) mass is 302 g/mol. The van der Waals surface area contributed by atoms with Crippen molar-refractivity contribution in [2.24, 2.45) is 5.84 Å². The molecule has 0 amide bonds. The minimum atomic E-state index is -0.231. The summed E-state index contributed by atoms with van der Waals surface area (Å²) in [6.07, 6.45) is 0. The van der Waals surface area contributed by atoms with E-state index in [4.69, 9.17) is 10.6 Å². The molecule has 0 fully saturated rings. The Labute approximate surface area is 126 Å². The largest absolute Gasteiger partial charge is 0.496 e. The number of rotatable bonds is 4. The predicted molar refractivity (Wildman–Crippen MR) is 83.9 cm³/mol. The lowest BCUT2D eigenvalue weighted by Crippen LogP contribution is -2.28. The molecule has 1 heterocycles. The van der Waals surface area contributed by atoms with Crippen molar-refractivity contribution in [2.75, 3.05) is 7.11 Å². The highest BCUT2D eigenvalue weighted by Crippen LogP contribution is 2.36. The van der Waals surface area contributed by atoms with Crippen molar-refractivity contribution in [3.63, 3.8) is 0 Å². The van der Waals surface area contributed by atoms with Crippen molar-refractivity contribution < 1.29 is 9.13 Å². The molecular formula is C16H15FN2OS. The van der Waals surface area contributed by atoms with Gasteiger partial charge in [0.05, 0.1) is 13.2 Å². The van der Waals surface area contributed by atoms with Gasteiger partial charge in [-0.3, -0.25) is 5.84 Å². The quantitative estimate of drug-likeness (QED) is 0.572. The first-order valence-electron chi connectivity index (χ1n) is 6.51. The van der Waals surface area contributed by atoms with E-state index in [1.54, 1.807) is 19.2 Å². The van der Waals surface area contributed by atoms with Crippen LogP contribution in [0.1, 0.15) is 16.5 Å². The number of thiophene rings is 1. The zero-order valence-electron chi connectivity index (χ0n) is 11.5. The second kappa shape index (κ2) is 5.81. The van der Waals surface area contributed by atoms with Gasteiger partial charge in [0.2, 0.25) is 0 Å². The molecule has 21 heavy (non-hydrogen) atoms. The summed E-state index contributed by atoms with van der Waals surface area (Å²) in [6.45, 7) is 0. The number of nitrogens with two attached hydrogens (primary N) is 1. The minimum absolute atomic E-state index is 0.193. The standard InChI is InChI=1S/C16H15FN2OS/c1-20-13-5-3-2-4-12(13)16(19-18)15-8-10-6-7-11(17)9-14(10)21-15/h2-9,16,19H,18H2,1H3. The van der Waals surface area contributed by atoms with Crippen LogP contribution in [0, 0.1) is 5.82 Å². The number of hydrogen-bond acceptors (Lipinski definition) is 4. The van der Waals surface area contributed by atoms with E-state index in [1.165, 1.54) is 17.4 Å². The minimum Gasteiger partial charge on any atom is -0.496 e. The molecule has 2 aromatic carbocycles. The first-order chi connectivity index (χ1) is 10.2. The average molecular weight is 302 g/mol. The van der Waals surface area contributed by atoms with Crippen LogP contribution in [0.5, 0.6) is 5.75 Å². The summed E-state index contributed by atoms with van der Waals surface area (Å²) in [5.41, 5.74) is 3.77. The third-order valence-electron chi connectivity index (χ3n) is 3.40. The smallest absolute Gasteiger partial charge is 0.124 e. The van der Waals surface area contributed by atoms with Gasteiger partial charge >= 0.3 is 0 Å². The summed E-state index contributed by atoms with van der Waals surface area (Å²) >= 11 is 1.52. The van der Waals surface area contributed by atoms with E-state index in [2.05, 4.69) is 5.43 Å². The van der Waals surface area contributed by atoms with E-state index < -0.39 is 0 Å². The number of halogens is 1. The van der Waals surface area contributed by atoms with Crippen molar-refractivity contribution in [2.45, 2.75) is 6.04 Å². The van der Waals surface area contributed by atoms with Crippen LogP contribution in [0.4, 0.5) is 4.39 Å². The molecule has 1 aromatic heterocycles. The Hall–Kier alpha value is -1.95. The average Bonchev–Trinajstić information content (AvgIpc) is 2.91. The van der Waals surface area contributed by atoms with E-state index >= 15 is 0 Å². The Bertz CT molecular complexity index is 772. The highest BCUT2D eigenvalue weighted by molar-refractivity contribution is 7.19. The predicted octanol–water partition coefficient (Wildman–Crippen LogP) is 3.60. The van der Waals surface area contributed by atoms with Crippen LogP contribution in [0.15, 0.2) is 48.5 Å². The zero-order chi connectivity index (χ0) is 14.8. The summed E-state index contributed by atoms with van der Waals surface area (Å²) in [7, 11) is 1.63. The number of hydrazine groups is 1. The van der Waals surface area contributed by atoms with Crippen molar-refractivity contribution in [3.05, 3.63) is 64.8 Å². The number of para-hydroxylation sites is 1. The van der Waals surface area contributed by atoms with E-state index in [0.29, 0.717) is 0 Å². The van der Waals surface area contributed by atoms with Gasteiger partial charge in [0.1, 0.15) is 11.6 Å². The maximum atomic E-state index is 13.3. The van der Waals surface area contributed by atoms with Crippen LogP contribution in [0.25, 0.3) is 10.1 Å². The Morgan fingerprint density at radius 3 is 2.76 bits per heavy atom. The molecule has 0 aliphatic carbocycles. The van der Waals surface area contributed by atoms with E-state index in [-0.39, 0.29) is 11.9 Å². The Kier molecular flexibility index (Phi) is 3.88. The van der Waals surface area contributed by atoms with Gasteiger partial charge < -0.3 is 4.74 Å². The number of fused-ring (bicyclic) bond motifs is 1. The number of methoxy groups -OCH3 is 1. The fraction of sp³-hybridized carbons (Fsp3) is 0.125. The molecule has 0 bridgehead atoms. The van der Waals surface area contributed by atoms with E-state index in [9.17, 15) is 4.39 Å². The van der Waals surface area contributed by atoms with Crippen molar-refractivity contribution in [3.8, 4) is 5.75 Å². The second-order valence-corrected chi connectivity index (χ2v) is 5.79. The van der Waals surface area contributed by atoms with Crippen LogP contribution < -0.4 is 16.0 Å². The highest BCUT2D eigenvalue weighted by Gasteiger charge is 2.19. The van der Waals surface area contributed by atoms with Crippen LogP contribution in [0.2, 0.25) is 0 Å². The molecule has 108 valence electrons. The van der Waals surface area contributed by atoms with Gasteiger partial charge in [0, 0.05) is 15.1 Å². The molecule has 3 N–H and O–H groups in total. The molecule has 0 radical (unpaired) electrons. The summed E-state index contributed by atoms with van der Waals surface area (Å²) in [5.74, 6) is 6.28. The Balaban J connectivity index is 2.09. The maximum absolute atomic E-state index is 13.3. The number of ether oxygens (including phenoxy) is 1. The Morgan fingerprint density at radius 1 is 1.19 bits per heavy atom. The lowest BCUT2D eigenvalue weighted by atomic mass is 10.0. The fourth-order valence-electron chi connectivity index (χ4n) is 2.40. The van der Waals surface area contributed by atoms with Crippen molar-refractivity contribution in [1.29, 1.82) is 0 Å². The van der Waals surface area contributed by atoms with Crippen molar-refractivity contribution in [1.82, 2.24) is 5.43 Å². The van der Waals surface area contributed by atoms with Gasteiger partial charge in [-0.25, -0.2) is 9.82 Å². The SMILES string of the molecule is COc1ccccc1C(NN)c1cc2ccc(F)cc2s1. The molecule has 3 aromatic rings. The fourth-order valence-corrected chi connectivity index (χ4v) is 3.57. The number of benzene rings is 2. The normalized spacial score (nSPS) is 12.5. The molecule has 0 aliphatic rings. The molecule has 0 saturated carbocycles.